The summed E-state index contributed by atoms with van der Waals surface area (Å²) in [5, 5.41) is 3.75. The first kappa shape index (κ1) is 15.0. The molecule has 17 heavy (non-hydrogen) atoms. The number of likely N-dealkylation sites (N-methyl/N-ethyl adjacent to an activating group) is 2. The van der Waals surface area contributed by atoms with E-state index in [1.54, 1.807) is 0 Å². The van der Waals surface area contributed by atoms with Crippen LogP contribution in [0, 0.1) is 11.8 Å². The van der Waals surface area contributed by atoms with Gasteiger partial charge in [-0.25, -0.2) is 0 Å². The maximum Gasteiger partial charge on any atom is 0.0361 e. The highest BCUT2D eigenvalue weighted by molar-refractivity contribution is 5.02. The van der Waals surface area contributed by atoms with Gasteiger partial charge in [-0.1, -0.05) is 40.5 Å². The van der Waals surface area contributed by atoms with Gasteiger partial charge >= 0.3 is 0 Å². The summed E-state index contributed by atoms with van der Waals surface area (Å²) in [6.07, 6.45) is 5.48. The minimum atomic E-state index is 0.363. The van der Waals surface area contributed by atoms with Crippen LogP contribution in [-0.2, 0) is 0 Å². The molecule has 1 rings (SSSR count). The summed E-state index contributed by atoms with van der Waals surface area (Å²) in [4.78, 5) is 2.50. The van der Waals surface area contributed by atoms with Crippen LogP contribution in [0.2, 0.25) is 0 Å². The fourth-order valence-electron chi connectivity index (χ4n) is 3.80. The molecule has 1 N–H and O–H groups in total. The molecule has 1 saturated carbocycles. The predicted octanol–water partition coefficient (Wildman–Crippen LogP) is 3.13. The molecular formula is C15H32N2. The van der Waals surface area contributed by atoms with Crippen LogP contribution in [0.25, 0.3) is 0 Å². The minimum absolute atomic E-state index is 0.363. The van der Waals surface area contributed by atoms with E-state index in [0.29, 0.717) is 17.5 Å². The second-order valence-electron chi connectivity index (χ2n) is 6.48. The molecule has 3 unspecified atom stereocenters. The summed E-state index contributed by atoms with van der Waals surface area (Å²) >= 11 is 0. The molecule has 0 aromatic rings. The van der Waals surface area contributed by atoms with E-state index in [-0.39, 0.29) is 0 Å². The lowest BCUT2D eigenvalue weighted by Crippen LogP contribution is -2.62. The molecule has 0 amide bonds. The molecule has 1 aliphatic carbocycles. The van der Waals surface area contributed by atoms with E-state index in [1.807, 2.05) is 0 Å². The number of rotatable bonds is 5. The molecule has 1 fully saturated rings. The molecule has 0 radical (unpaired) electrons. The van der Waals surface area contributed by atoms with Crippen molar-refractivity contribution in [3.63, 3.8) is 0 Å². The summed E-state index contributed by atoms with van der Waals surface area (Å²) in [7, 11) is 4.54. The fraction of sp³-hybridized carbons (Fsp3) is 1.00. The molecule has 3 atom stereocenters. The maximum atomic E-state index is 3.75. The third-order valence-electron chi connectivity index (χ3n) is 4.57. The first-order valence-electron chi connectivity index (χ1n) is 7.35. The van der Waals surface area contributed by atoms with Gasteiger partial charge < -0.3 is 10.2 Å². The average Bonchev–Trinajstić information content (AvgIpc) is 2.25. The first-order valence-corrected chi connectivity index (χ1v) is 7.35. The lowest BCUT2D eigenvalue weighted by Gasteiger charge is -2.52. The van der Waals surface area contributed by atoms with Crippen LogP contribution in [0.5, 0.6) is 0 Å². The third-order valence-corrected chi connectivity index (χ3v) is 4.57. The summed E-state index contributed by atoms with van der Waals surface area (Å²) in [5.74, 6) is 1.56. The van der Waals surface area contributed by atoms with Gasteiger partial charge in [0.15, 0.2) is 0 Å². The highest BCUT2D eigenvalue weighted by Gasteiger charge is 2.44. The smallest absolute Gasteiger partial charge is 0.0361 e. The Kier molecular flexibility index (Phi) is 5.46. The average molecular weight is 240 g/mol. The van der Waals surface area contributed by atoms with E-state index in [4.69, 9.17) is 0 Å². The van der Waals surface area contributed by atoms with Crippen molar-refractivity contribution in [2.24, 2.45) is 11.8 Å². The Morgan fingerprint density at radius 2 is 2.00 bits per heavy atom. The van der Waals surface area contributed by atoms with Crippen LogP contribution in [0.3, 0.4) is 0 Å². The van der Waals surface area contributed by atoms with Crippen molar-refractivity contribution < 1.29 is 0 Å². The van der Waals surface area contributed by atoms with E-state index in [2.05, 4.69) is 52.0 Å². The number of nitrogens with zero attached hydrogens (tertiary/aromatic N) is 1. The quantitative estimate of drug-likeness (QED) is 0.794. The highest BCUT2D eigenvalue weighted by atomic mass is 15.2. The lowest BCUT2D eigenvalue weighted by atomic mass is 9.68. The van der Waals surface area contributed by atoms with Gasteiger partial charge in [0.2, 0.25) is 0 Å². The van der Waals surface area contributed by atoms with Crippen molar-refractivity contribution in [1.82, 2.24) is 10.2 Å². The Balaban J connectivity index is 2.94. The Hall–Kier alpha value is -0.0800. The zero-order chi connectivity index (χ0) is 13.1. The monoisotopic (exact) mass is 240 g/mol. The van der Waals surface area contributed by atoms with E-state index >= 15 is 0 Å². The van der Waals surface area contributed by atoms with Crippen molar-refractivity contribution in [3.05, 3.63) is 0 Å². The Morgan fingerprint density at radius 1 is 1.35 bits per heavy atom. The molecule has 0 bridgehead atoms. The van der Waals surface area contributed by atoms with Gasteiger partial charge in [0.25, 0.3) is 0 Å². The van der Waals surface area contributed by atoms with Gasteiger partial charge in [-0.15, -0.1) is 0 Å². The Morgan fingerprint density at radius 3 is 2.41 bits per heavy atom. The molecule has 0 aromatic heterocycles. The largest absolute Gasteiger partial charge is 0.312 e. The molecular weight excluding hydrogens is 208 g/mol. The van der Waals surface area contributed by atoms with E-state index < -0.39 is 0 Å². The molecule has 1 aliphatic rings. The standard InChI is InChI=1S/C15H32N2/c1-7-16-14(12(2)3)15(17(5)6)10-8-9-13(4)11-15/h12-14,16H,7-11H2,1-6H3. The van der Waals surface area contributed by atoms with Crippen molar-refractivity contribution in [2.75, 3.05) is 20.6 Å². The van der Waals surface area contributed by atoms with Crippen molar-refractivity contribution >= 4 is 0 Å². The topological polar surface area (TPSA) is 15.3 Å². The normalized spacial score (nSPS) is 32.1. The van der Waals surface area contributed by atoms with Crippen molar-refractivity contribution in [1.29, 1.82) is 0 Å². The van der Waals surface area contributed by atoms with E-state index in [0.717, 1.165) is 12.5 Å². The lowest BCUT2D eigenvalue weighted by molar-refractivity contribution is 0.0218. The van der Waals surface area contributed by atoms with Gasteiger partial charge in [0, 0.05) is 11.6 Å². The third kappa shape index (κ3) is 3.23. The summed E-state index contributed by atoms with van der Waals surface area (Å²) in [6.45, 7) is 10.4. The first-order chi connectivity index (χ1) is 7.94. The Bertz CT molecular complexity index is 225. The predicted molar refractivity (Wildman–Crippen MR) is 76.4 cm³/mol. The van der Waals surface area contributed by atoms with Crippen LogP contribution in [0.4, 0.5) is 0 Å². The SMILES string of the molecule is CCNC(C(C)C)C1(N(C)C)CCCC(C)C1. The van der Waals surface area contributed by atoms with Gasteiger partial charge in [-0.3, -0.25) is 0 Å². The summed E-state index contributed by atoms with van der Waals surface area (Å²) in [5.41, 5.74) is 0.363. The van der Waals surface area contributed by atoms with Crippen LogP contribution < -0.4 is 5.32 Å². The van der Waals surface area contributed by atoms with Crippen LogP contribution in [-0.4, -0.2) is 37.1 Å². The highest BCUT2D eigenvalue weighted by Crippen LogP contribution is 2.40. The molecule has 102 valence electrons. The molecule has 0 aromatic carbocycles. The zero-order valence-corrected chi connectivity index (χ0v) is 12.7. The fourth-order valence-corrected chi connectivity index (χ4v) is 3.80. The number of nitrogens with one attached hydrogen (secondary N) is 1. The van der Waals surface area contributed by atoms with E-state index in [9.17, 15) is 0 Å². The second-order valence-corrected chi connectivity index (χ2v) is 6.48. The molecule has 2 nitrogen and oxygen atoms in total. The number of hydrogen-bond donors (Lipinski definition) is 1. The van der Waals surface area contributed by atoms with Crippen molar-refractivity contribution in [3.8, 4) is 0 Å². The molecule has 0 aliphatic heterocycles. The zero-order valence-electron chi connectivity index (χ0n) is 12.7. The second kappa shape index (κ2) is 6.19. The van der Waals surface area contributed by atoms with E-state index in [1.165, 1.54) is 25.7 Å². The van der Waals surface area contributed by atoms with Gasteiger partial charge in [0.1, 0.15) is 0 Å². The Labute approximate surface area is 108 Å². The molecule has 2 heteroatoms. The van der Waals surface area contributed by atoms with Gasteiger partial charge in [-0.2, -0.15) is 0 Å². The summed E-state index contributed by atoms with van der Waals surface area (Å²) in [6, 6.07) is 0.616. The molecule has 0 spiro atoms. The molecule has 0 heterocycles. The van der Waals surface area contributed by atoms with Gasteiger partial charge in [0.05, 0.1) is 0 Å². The molecule has 0 saturated heterocycles. The van der Waals surface area contributed by atoms with Crippen molar-refractivity contribution in [2.45, 2.75) is 65.0 Å². The number of hydrogen-bond acceptors (Lipinski definition) is 2. The minimum Gasteiger partial charge on any atom is -0.312 e. The van der Waals surface area contributed by atoms with Crippen LogP contribution in [0.15, 0.2) is 0 Å². The van der Waals surface area contributed by atoms with Crippen LogP contribution in [0.1, 0.15) is 53.4 Å². The van der Waals surface area contributed by atoms with Crippen LogP contribution >= 0.6 is 0 Å². The summed E-state index contributed by atoms with van der Waals surface area (Å²) < 4.78 is 0. The maximum absolute atomic E-state index is 3.75. The van der Waals surface area contributed by atoms with Gasteiger partial charge in [-0.05, 0) is 45.3 Å².